The lowest BCUT2D eigenvalue weighted by atomic mass is 10.0. The standard InChI is InChI=1S/C22H21F2N3O4/c1-30-9-8-26-20-12-14(15-4-2-3-5-19(15)31-22(23)24)11-17(27-20)13-6-7-18(28)16(10-13)21(25)29/h2-7,10-12,22,28H,8-9H2,1H3,(H2,25,29)(H,26,27). The second-order valence-corrected chi connectivity index (χ2v) is 6.52. The number of carbonyl (C=O) groups excluding carboxylic acids is 1. The Morgan fingerprint density at radius 3 is 2.65 bits per heavy atom. The Hall–Kier alpha value is -3.72. The molecular weight excluding hydrogens is 408 g/mol. The predicted octanol–water partition coefficient (Wildman–Crippen LogP) is 3.88. The van der Waals surface area contributed by atoms with Crippen LogP contribution in [-0.2, 0) is 4.74 Å². The fraction of sp³-hybridized carbons (Fsp3) is 0.182. The van der Waals surface area contributed by atoms with Crippen LogP contribution in [0.25, 0.3) is 22.4 Å². The third-order valence-electron chi connectivity index (χ3n) is 4.41. The molecule has 0 saturated heterocycles. The van der Waals surface area contributed by atoms with Gasteiger partial charge in [-0.25, -0.2) is 4.98 Å². The highest BCUT2D eigenvalue weighted by Gasteiger charge is 2.15. The molecule has 0 unspecified atom stereocenters. The quantitative estimate of drug-likeness (QED) is 0.446. The molecule has 1 amide bonds. The van der Waals surface area contributed by atoms with Crippen molar-refractivity contribution in [3.8, 4) is 33.9 Å². The average molecular weight is 429 g/mol. The number of halogens is 2. The van der Waals surface area contributed by atoms with Crippen LogP contribution in [0.15, 0.2) is 54.6 Å². The number of pyridine rings is 1. The number of carbonyl (C=O) groups is 1. The minimum absolute atomic E-state index is 0.0148. The van der Waals surface area contributed by atoms with E-state index in [1.807, 2.05) is 0 Å². The van der Waals surface area contributed by atoms with Crippen molar-refractivity contribution >= 4 is 11.7 Å². The fourth-order valence-electron chi connectivity index (χ4n) is 3.00. The van der Waals surface area contributed by atoms with Gasteiger partial charge in [0.2, 0.25) is 0 Å². The first-order valence-electron chi connectivity index (χ1n) is 9.31. The maximum Gasteiger partial charge on any atom is 0.387 e. The number of hydrogen-bond donors (Lipinski definition) is 3. The Labute approximate surface area is 177 Å². The molecule has 0 atom stereocenters. The molecule has 0 saturated carbocycles. The highest BCUT2D eigenvalue weighted by atomic mass is 19.3. The normalized spacial score (nSPS) is 10.8. The zero-order valence-corrected chi connectivity index (χ0v) is 16.6. The van der Waals surface area contributed by atoms with E-state index in [-0.39, 0.29) is 17.1 Å². The lowest BCUT2D eigenvalue weighted by Crippen LogP contribution is -2.11. The minimum Gasteiger partial charge on any atom is -0.507 e. The molecule has 0 bridgehead atoms. The van der Waals surface area contributed by atoms with Gasteiger partial charge in [-0.05, 0) is 42.0 Å². The number of ether oxygens (including phenoxy) is 2. The highest BCUT2D eigenvalue weighted by Crippen LogP contribution is 2.35. The van der Waals surface area contributed by atoms with Crippen molar-refractivity contribution in [2.75, 3.05) is 25.6 Å². The molecular formula is C22H21F2N3O4. The SMILES string of the molecule is COCCNc1cc(-c2ccccc2OC(F)F)cc(-c2ccc(O)c(C(N)=O)c2)n1. The summed E-state index contributed by atoms with van der Waals surface area (Å²) in [4.78, 5) is 16.1. The summed E-state index contributed by atoms with van der Waals surface area (Å²) in [5.41, 5.74) is 7.22. The third kappa shape index (κ3) is 5.46. The van der Waals surface area contributed by atoms with Gasteiger partial charge in [-0.15, -0.1) is 0 Å². The lowest BCUT2D eigenvalue weighted by molar-refractivity contribution is -0.0494. The van der Waals surface area contributed by atoms with Crippen LogP contribution < -0.4 is 15.8 Å². The Kier molecular flexibility index (Phi) is 6.99. The van der Waals surface area contributed by atoms with E-state index in [0.29, 0.717) is 41.4 Å². The van der Waals surface area contributed by atoms with Crippen molar-refractivity contribution in [1.82, 2.24) is 4.98 Å². The van der Waals surface area contributed by atoms with Crippen LogP contribution >= 0.6 is 0 Å². The van der Waals surface area contributed by atoms with Crippen LogP contribution in [0, 0.1) is 0 Å². The maximum atomic E-state index is 12.9. The molecule has 0 fully saturated rings. The van der Waals surface area contributed by atoms with E-state index in [0.717, 1.165) is 0 Å². The first-order valence-corrected chi connectivity index (χ1v) is 9.31. The first-order chi connectivity index (χ1) is 14.9. The minimum atomic E-state index is -2.98. The molecule has 0 spiro atoms. The molecule has 3 aromatic rings. The van der Waals surface area contributed by atoms with Gasteiger partial charge in [0.15, 0.2) is 0 Å². The zero-order chi connectivity index (χ0) is 22.4. The zero-order valence-electron chi connectivity index (χ0n) is 16.6. The molecule has 0 radical (unpaired) electrons. The van der Waals surface area contributed by atoms with Gasteiger partial charge >= 0.3 is 6.61 Å². The highest BCUT2D eigenvalue weighted by molar-refractivity contribution is 5.97. The van der Waals surface area contributed by atoms with E-state index in [9.17, 15) is 18.7 Å². The fourth-order valence-corrected chi connectivity index (χ4v) is 3.00. The van der Waals surface area contributed by atoms with Gasteiger partial charge in [0, 0.05) is 24.8 Å². The molecule has 3 rings (SSSR count). The molecule has 2 aromatic carbocycles. The maximum absolute atomic E-state index is 12.9. The monoisotopic (exact) mass is 429 g/mol. The van der Waals surface area contributed by atoms with Crippen LogP contribution in [0.5, 0.6) is 11.5 Å². The molecule has 9 heteroatoms. The van der Waals surface area contributed by atoms with Crippen LogP contribution in [0.1, 0.15) is 10.4 Å². The summed E-state index contributed by atoms with van der Waals surface area (Å²) < 4.78 is 35.5. The van der Waals surface area contributed by atoms with E-state index < -0.39 is 12.5 Å². The van der Waals surface area contributed by atoms with Crippen molar-refractivity contribution in [3.05, 3.63) is 60.2 Å². The first kappa shape index (κ1) is 22.0. The van der Waals surface area contributed by atoms with Crippen LogP contribution in [-0.4, -0.2) is 42.9 Å². The van der Waals surface area contributed by atoms with Crippen molar-refractivity contribution in [3.63, 3.8) is 0 Å². The number of alkyl halides is 2. The summed E-state index contributed by atoms with van der Waals surface area (Å²) >= 11 is 0. The topological polar surface area (TPSA) is 107 Å². The number of rotatable bonds is 9. The number of anilines is 1. The van der Waals surface area contributed by atoms with Gasteiger partial charge in [-0.3, -0.25) is 4.79 Å². The van der Waals surface area contributed by atoms with E-state index in [1.54, 1.807) is 43.5 Å². The average Bonchev–Trinajstić information content (AvgIpc) is 2.74. The van der Waals surface area contributed by atoms with Gasteiger partial charge in [-0.1, -0.05) is 18.2 Å². The lowest BCUT2D eigenvalue weighted by Gasteiger charge is -2.14. The number of phenols is 1. The second-order valence-electron chi connectivity index (χ2n) is 6.52. The number of nitrogens with zero attached hydrogens (tertiary/aromatic N) is 1. The number of amides is 1. The molecule has 4 N–H and O–H groups in total. The van der Waals surface area contributed by atoms with Crippen molar-refractivity contribution in [2.45, 2.75) is 6.61 Å². The largest absolute Gasteiger partial charge is 0.507 e. The molecule has 31 heavy (non-hydrogen) atoms. The number of benzene rings is 2. The van der Waals surface area contributed by atoms with Gasteiger partial charge in [0.1, 0.15) is 17.3 Å². The number of nitrogens with two attached hydrogens (primary N) is 1. The third-order valence-corrected chi connectivity index (χ3v) is 4.41. The van der Waals surface area contributed by atoms with Crippen LogP contribution in [0.4, 0.5) is 14.6 Å². The summed E-state index contributed by atoms with van der Waals surface area (Å²) in [5.74, 6) is -0.558. The van der Waals surface area contributed by atoms with E-state index in [4.69, 9.17) is 10.5 Å². The summed E-state index contributed by atoms with van der Waals surface area (Å²) in [7, 11) is 1.57. The molecule has 162 valence electrons. The second kappa shape index (κ2) is 9.86. The predicted molar refractivity (Wildman–Crippen MR) is 112 cm³/mol. The number of para-hydroxylation sites is 1. The Balaban J connectivity index is 2.12. The molecule has 0 aliphatic rings. The van der Waals surface area contributed by atoms with Gasteiger partial charge in [0.25, 0.3) is 5.91 Å². The number of methoxy groups -OCH3 is 1. The van der Waals surface area contributed by atoms with Crippen LogP contribution in [0.3, 0.4) is 0 Å². The Morgan fingerprint density at radius 1 is 1.16 bits per heavy atom. The van der Waals surface area contributed by atoms with Crippen molar-refractivity contribution < 1.29 is 28.2 Å². The Bertz CT molecular complexity index is 1080. The van der Waals surface area contributed by atoms with Crippen LogP contribution in [0.2, 0.25) is 0 Å². The number of nitrogens with one attached hydrogen (secondary N) is 1. The van der Waals surface area contributed by atoms with E-state index in [1.165, 1.54) is 18.2 Å². The molecule has 7 nitrogen and oxygen atoms in total. The summed E-state index contributed by atoms with van der Waals surface area (Å²) in [5, 5.41) is 13.0. The number of aromatic hydroxyl groups is 1. The number of hydrogen-bond acceptors (Lipinski definition) is 6. The van der Waals surface area contributed by atoms with E-state index in [2.05, 4.69) is 15.0 Å². The summed E-state index contributed by atoms with van der Waals surface area (Å²) in [6.07, 6.45) is 0. The summed E-state index contributed by atoms with van der Waals surface area (Å²) in [6.45, 7) is -2.09. The van der Waals surface area contributed by atoms with Gasteiger partial charge in [0.05, 0.1) is 17.9 Å². The van der Waals surface area contributed by atoms with E-state index >= 15 is 0 Å². The molecule has 0 aliphatic carbocycles. The smallest absolute Gasteiger partial charge is 0.387 e. The number of aromatic nitrogens is 1. The Morgan fingerprint density at radius 2 is 1.94 bits per heavy atom. The van der Waals surface area contributed by atoms with Gasteiger partial charge in [-0.2, -0.15) is 8.78 Å². The van der Waals surface area contributed by atoms with Crippen molar-refractivity contribution in [1.29, 1.82) is 0 Å². The molecule has 1 aromatic heterocycles. The number of primary amides is 1. The van der Waals surface area contributed by atoms with Crippen molar-refractivity contribution in [2.24, 2.45) is 5.73 Å². The molecule has 1 heterocycles. The molecule has 0 aliphatic heterocycles. The van der Waals surface area contributed by atoms with Gasteiger partial charge < -0.3 is 25.6 Å². The summed E-state index contributed by atoms with van der Waals surface area (Å²) in [6, 6.07) is 14.1.